The van der Waals surface area contributed by atoms with Gasteiger partial charge in [-0.05, 0) is 31.6 Å². The Morgan fingerprint density at radius 2 is 1.94 bits per heavy atom. The van der Waals surface area contributed by atoms with E-state index in [0.717, 1.165) is 22.4 Å². The minimum Gasteiger partial charge on any atom is -0.481 e. The minimum absolute atomic E-state index is 0.0445. The topological polar surface area (TPSA) is 110 Å². The number of ketones is 1. The second kappa shape index (κ2) is 11.8. The molecule has 2 aromatic heterocycles. The van der Waals surface area contributed by atoms with Crippen LogP contribution < -0.4 is 20.7 Å². The first-order chi connectivity index (χ1) is 16.4. The maximum atomic E-state index is 12.0. The Hall–Kier alpha value is -3.98. The Kier molecular flexibility index (Phi) is 8.53. The molecule has 0 unspecified atom stereocenters. The van der Waals surface area contributed by atoms with Gasteiger partial charge in [-0.3, -0.25) is 4.79 Å². The van der Waals surface area contributed by atoms with Gasteiger partial charge in [0.1, 0.15) is 11.6 Å². The van der Waals surface area contributed by atoms with E-state index in [2.05, 4.69) is 37.5 Å². The first kappa shape index (κ1) is 24.7. The number of aryl methyl sites for hydroxylation is 2. The molecule has 0 amide bonds. The van der Waals surface area contributed by atoms with Crippen molar-refractivity contribution < 1.29 is 14.3 Å². The van der Waals surface area contributed by atoms with Crippen LogP contribution >= 0.6 is 0 Å². The van der Waals surface area contributed by atoms with Crippen LogP contribution in [0.5, 0.6) is 5.88 Å². The van der Waals surface area contributed by atoms with Crippen LogP contribution in [-0.2, 0) is 16.0 Å². The SMILES string of the molecule is C=CC(=O)Cc1cc(C)ccc1Nc1nc(Nc2cc(NCCOC)nc(OC)c2)ncc1C. The van der Waals surface area contributed by atoms with Gasteiger partial charge >= 0.3 is 0 Å². The second-order valence-corrected chi connectivity index (χ2v) is 7.69. The van der Waals surface area contributed by atoms with Crippen molar-refractivity contribution in [2.45, 2.75) is 20.3 Å². The summed E-state index contributed by atoms with van der Waals surface area (Å²) in [5, 5.41) is 9.74. The number of hydrogen-bond donors (Lipinski definition) is 3. The molecular formula is C25H30N6O3. The molecule has 0 aliphatic heterocycles. The van der Waals surface area contributed by atoms with Crippen LogP contribution in [0.3, 0.4) is 0 Å². The molecule has 0 fully saturated rings. The molecule has 34 heavy (non-hydrogen) atoms. The summed E-state index contributed by atoms with van der Waals surface area (Å²) in [5.74, 6) is 2.08. The summed E-state index contributed by atoms with van der Waals surface area (Å²) < 4.78 is 10.4. The van der Waals surface area contributed by atoms with Gasteiger partial charge in [-0.2, -0.15) is 9.97 Å². The number of nitrogens with zero attached hydrogens (tertiary/aromatic N) is 3. The largest absolute Gasteiger partial charge is 0.481 e. The van der Waals surface area contributed by atoms with Crippen molar-refractivity contribution in [3.05, 3.63) is 65.9 Å². The van der Waals surface area contributed by atoms with Gasteiger partial charge in [-0.15, -0.1) is 0 Å². The van der Waals surface area contributed by atoms with Crippen LogP contribution in [0.25, 0.3) is 0 Å². The number of methoxy groups -OCH3 is 2. The lowest BCUT2D eigenvalue weighted by atomic mass is 10.0. The van der Waals surface area contributed by atoms with Crippen LogP contribution in [-0.4, -0.2) is 48.1 Å². The minimum atomic E-state index is -0.0445. The van der Waals surface area contributed by atoms with Crippen molar-refractivity contribution in [2.24, 2.45) is 0 Å². The molecule has 9 heteroatoms. The first-order valence-electron chi connectivity index (χ1n) is 10.8. The molecule has 2 heterocycles. The fourth-order valence-corrected chi connectivity index (χ4v) is 3.19. The van der Waals surface area contributed by atoms with E-state index in [1.54, 1.807) is 26.5 Å². The molecule has 1 aromatic carbocycles. The summed E-state index contributed by atoms with van der Waals surface area (Å²) in [7, 11) is 3.20. The lowest BCUT2D eigenvalue weighted by molar-refractivity contribution is -0.114. The van der Waals surface area contributed by atoms with E-state index in [-0.39, 0.29) is 12.2 Å². The summed E-state index contributed by atoms with van der Waals surface area (Å²) in [6, 6.07) is 9.52. The first-order valence-corrected chi connectivity index (χ1v) is 10.8. The fraction of sp³-hybridized carbons (Fsp3) is 0.280. The van der Waals surface area contributed by atoms with E-state index < -0.39 is 0 Å². The van der Waals surface area contributed by atoms with Crippen LogP contribution in [0.4, 0.5) is 29.0 Å². The zero-order valence-electron chi connectivity index (χ0n) is 19.9. The maximum absolute atomic E-state index is 12.0. The van der Waals surface area contributed by atoms with Crippen molar-refractivity contribution in [2.75, 3.05) is 43.3 Å². The Balaban J connectivity index is 1.84. The van der Waals surface area contributed by atoms with Gasteiger partial charge in [-0.25, -0.2) is 4.98 Å². The number of benzene rings is 1. The Bertz CT molecular complexity index is 1170. The Morgan fingerprint density at radius 1 is 1.12 bits per heavy atom. The van der Waals surface area contributed by atoms with E-state index in [0.29, 0.717) is 42.3 Å². The van der Waals surface area contributed by atoms with Crippen molar-refractivity contribution >= 4 is 34.7 Å². The summed E-state index contributed by atoms with van der Waals surface area (Å²) in [6.07, 6.45) is 3.33. The molecule has 0 spiro atoms. The smallest absolute Gasteiger partial charge is 0.229 e. The fourth-order valence-electron chi connectivity index (χ4n) is 3.19. The number of pyridine rings is 1. The quantitative estimate of drug-likeness (QED) is 0.267. The normalized spacial score (nSPS) is 10.5. The Labute approximate surface area is 199 Å². The van der Waals surface area contributed by atoms with Crippen molar-refractivity contribution in [1.82, 2.24) is 15.0 Å². The molecule has 178 valence electrons. The number of aromatic nitrogens is 3. The van der Waals surface area contributed by atoms with Crippen LogP contribution in [0, 0.1) is 13.8 Å². The van der Waals surface area contributed by atoms with Crippen LogP contribution in [0.1, 0.15) is 16.7 Å². The monoisotopic (exact) mass is 462 g/mol. The van der Waals surface area contributed by atoms with E-state index in [4.69, 9.17) is 9.47 Å². The molecule has 0 radical (unpaired) electrons. The van der Waals surface area contributed by atoms with E-state index in [1.165, 1.54) is 6.08 Å². The summed E-state index contributed by atoms with van der Waals surface area (Å²) in [6.45, 7) is 8.65. The number of allylic oxidation sites excluding steroid dienone is 1. The third kappa shape index (κ3) is 6.76. The van der Waals surface area contributed by atoms with Gasteiger partial charge in [0, 0.05) is 55.3 Å². The zero-order chi connectivity index (χ0) is 24.5. The highest BCUT2D eigenvalue weighted by atomic mass is 16.5. The number of carbonyl (C=O) groups excluding carboxylic acids is 1. The van der Waals surface area contributed by atoms with Crippen molar-refractivity contribution in [3.8, 4) is 5.88 Å². The Morgan fingerprint density at radius 3 is 2.68 bits per heavy atom. The third-order valence-electron chi connectivity index (χ3n) is 4.96. The molecule has 0 aliphatic rings. The molecule has 9 nitrogen and oxygen atoms in total. The van der Waals surface area contributed by atoms with Gasteiger partial charge in [0.25, 0.3) is 0 Å². The van der Waals surface area contributed by atoms with Gasteiger partial charge in [0.15, 0.2) is 5.78 Å². The molecule has 0 saturated heterocycles. The van der Waals surface area contributed by atoms with Gasteiger partial charge in [0.05, 0.1) is 13.7 Å². The van der Waals surface area contributed by atoms with Crippen molar-refractivity contribution in [3.63, 3.8) is 0 Å². The number of nitrogens with one attached hydrogen (secondary N) is 3. The predicted octanol–water partition coefficient (Wildman–Crippen LogP) is 4.34. The van der Waals surface area contributed by atoms with Gasteiger partial charge in [-0.1, -0.05) is 24.3 Å². The van der Waals surface area contributed by atoms with Crippen LogP contribution in [0.15, 0.2) is 49.2 Å². The molecular weight excluding hydrogens is 432 g/mol. The summed E-state index contributed by atoms with van der Waals surface area (Å²) in [4.78, 5) is 25.4. The summed E-state index contributed by atoms with van der Waals surface area (Å²) >= 11 is 0. The average Bonchev–Trinajstić information content (AvgIpc) is 2.82. The maximum Gasteiger partial charge on any atom is 0.229 e. The number of hydrogen-bond acceptors (Lipinski definition) is 9. The lowest BCUT2D eigenvalue weighted by Crippen LogP contribution is -2.10. The molecule has 3 rings (SSSR count). The average molecular weight is 463 g/mol. The van der Waals surface area contributed by atoms with Gasteiger partial charge < -0.3 is 25.4 Å². The second-order valence-electron chi connectivity index (χ2n) is 7.69. The molecule has 0 saturated carbocycles. The van der Waals surface area contributed by atoms with Crippen LogP contribution in [0.2, 0.25) is 0 Å². The molecule has 0 aliphatic carbocycles. The molecule has 3 aromatic rings. The number of rotatable bonds is 12. The lowest BCUT2D eigenvalue weighted by Gasteiger charge is -2.15. The molecule has 0 atom stereocenters. The zero-order valence-corrected chi connectivity index (χ0v) is 19.9. The highest BCUT2D eigenvalue weighted by Crippen LogP contribution is 2.26. The number of carbonyl (C=O) groups is 1. The summed E-state index contributed by atoms with van der Waals surface area (Å²) in [5.41, 5.74) is 4.34. The highest BCUT2D eigenvalue weighted by Gasteiger charge is 2.11. The highest BCUT2D eigenvalue weighted by molar-refractivity contribution is 5.92. The predicted molar refractivity (Wildman–Crippen MR) is 135 cm³/mol. The molecule has 0 bridgehead atoms. The van der Waals surface area contributed by atoms with Crippen molar-refractivity contribution in [1.29, 1.82) is 0 Å². The van der Waals surface area contributed by atoms with E-state index in [9.17, 15) is 4.79 Å². The number of ether oxygens (including phenoxy) is 2. The third-order valence-corrected chi connectivity index (χ3v) is 4.96. The molecule has 3 N–H and O–H groups in total. The van der Waals surface area contributed by atoms with Gasteiger partial charge in [0.2, 0.25) is 11.8 Å². The van der Waals surface area contributed by atoms with E-state index >= 15 is 0 Å². The number of anilines is 5. The van der Waals surface area contributed by atoms with E-state index in [1.807, 2.05) is 38.1 Å². The standard InChI is InChI=1S/C25H30N6O3/c1-6-20(32)12-18-11-16(2)7-8-21(18)29-24-17(3)15-27-25(31-24)28-19-13-22(26-9-10-33-4)30-23(14-19)34-5/h6-8,11,13-15H,1,9-10,12H2,2-5H3,(H3,26,27,28,29,30,31).